The second-order valence-corrected chi connectivity index (χ2v) is 14.7. The SMILES string of the molecule is CN/C(=C\C(=N)C(C)(C)C)NC(=O)N[C@H]1CC[C@@H](Oc2ccc(=N)n(C(=N)c3c(Cl)cc(CN4CCN(C)CC4)cc3Cl)c2)c2ccccc21. The van der Waals surface area contributed by atoms with Gasteiger partial charge in [-0.1, -0.05) is 68.2 Å². The number of benzene rings is 2. The van der Waals surface area contributed by atoms with E-state index in [4.69, 9.17) is 44.2 Å². The Bertz CT molecular complexity index is 1820. The normalized spacial score (nSPS) is 18.6. The molecule has 0 unspecified atom stereocenters. The minimum absolute atomic E-state index is 0.0199. The van der Waals surface area contributed by atoms with Gasteiger partial charge in [0.2, 0.25) is 0 Å². The predicted molar refractivity (Wildman–Crippen MR) is 200 cm³/mol. The van der Waals surface area contributed by atoms with Gasteiger partial charge in [-0.15, -0.1) is 0 Å². The summed E-state index contributed by atoms with van der Waals surface area (Å²) in [5.74, 6) is 0.904. The van der Waals surface area contributed by atoms with Gasteiger partial charge >= 0.3 is 6.03 Å². The zero-order valence-electron chi connectivity index (χ0n) is 29.3. The third kappa shape index (κ3) is 8.95. The first-order valence-electron chi connectivity index (χ1n) is 16.8. The van der Waals surface area contributed by atoms with Crippen LogP contribution in [-0.4, -0.2) is 72.2 Å². The molecule has 2 atom stereocenters. The molecule has 2 aromatic carbocycles. The number of fused-ring (bicyclic) bond motifs is 1. The first-order chi connectivity index (χ1) is 23.7. The number of halogens is 2. The second kappa shape index (κ2) is 15.8. The van der Waals surface area contributed by atoms with E-state index in [1.54, 1.807) is 31.5 Å². The average molecular weight is 721 g/mol. The maximum atomic E-state index is 13.0. The lowest BCUT2D eigenvalue weighted by molar-refractivity contribution is 0.148. The fourth-order valence-corrected chi connectivity index (χ4v) is 6.81. The zero-order chi connectivity index (χ0) is 36.2. The number of hydrogen-bond donors (Lipinski definition) is 6. The molecule has 3 aromatic rings. The summed E-state index contributed by atoms with van der Waals surface area (Å²) in [5, 5.41) is 35.5. The van der Waals surface area contributed by atoms with Crippen LogP contribution in [0.3, 0.4) is 0 Å². The number of amides is 2. The Balaban J connectivity index is 1.29. The number of rotatable bonds is 9. The number of piperazine rings is 1. The van der Waals surface area contributed by atoms with Crippen LogP contribution in [0.2, 0.25) is 10.0 Å². The summed E-state index contributed by atoms with van der Waals surface area (Å²) in [6, 6.07) is 14.3. The summed E-state index contributed by atoms with van der Waals surface area (Å²) in [6.45, 7) is 10.5. The smallest absolute Gasteiger partial charge is 0.320 e. The molecule has 2 amide bonds. The van der Waals surface area contributed by atoms with Crippen LogP contribution in [0.4, 0.5) is 4.79 Å². The number of likely N-dealkylation sites (N-methyl/N-ethyl adjacent to an activating group) is 1. The molecule has 11 nitrogen and oxygen atoms in total. The number of nitrogens with zero attached hydrogens (tertiary/aromatic N) is 3. The highest BCUT2D eigenvalue weighted by Crippen LogP contribution is 2.39. The number of allylic oxidation sites excluding steroid dienone is 1. The van der Waals surface area contributed by atoms with E-state index in [0.717, 1.165) is 49.4 Å². The van der Waals surface area contributed by atoms with Gasteiger partial charge in [-0.05, 0) is 66.9 Å². The van der Waals surface area contributed by atoms with Gasteiger partial charge in [-0.3, -0.25) is 25.6 Å². The molecule has 5 rings (SSSR count). The van der Waals surface area contributed by atoms with Crippen molar-refractivity contribution in [3.63, 3.8) is 0 Å². The molecule has 13 heteroatoms. The Morgan fingerprint density at radius 3 is 2.30 bits per heavy atom. The van der Waals surface area contributed by atoms with Gasteiger partial charge in [0.1, 0.15) is 29.0 Å². The average Bonchev–Trinajstić information content (AvgIpc) is 3.06. The van der Waals surface area contributed by atoms with Crippen molar-refractivity contribution in [3.8, 4) is 5.75 Å². The second-order valence-electron chi connectivity index (χ2n) is 13.9. The van der Waals surface area contributed by atoms with Crippen molar-refractivity contribution in [2.45, 2.75) is 52.3 Å². The van der Waals surface area contributed by atoms with Gasteiger partial charge in [0.15, 0.2) is 0 Å². The lowest BCUT2D eigenvalue weighted by atomic mass is 9.85. The first kappa shape index (κ1) is 37.1. The Kier molecular flexibility index (Phi) is 11.7. The number of ether oxygens (including phenoxy) is 1. The molecule has 0 radical (unpaired) electrons. The standard InChI is InChI=1S/C37H47Cl2N9O2/c1-37(2,3)31(40)20-33(43-4)45-36(49)44-29-11-12-30(26-9-7-6-8-25(26)29)50-24-10-13-32(41)48(22-24)35(42)34-27(38)18-23(19-28(34)39)21-47-16-14-46(5)15-17-47/h6-10,13,18-20,22,29-30,40-43H,11-12,14-17,21H2,1-5H3,(H2,44,45,49)/b33-20+,40-31?,41-32?,42-35?/t29-,30+/m0/s1. The number of pyridine rings is 1. The molecule has 2 heterocycles. The van der Waals surface area contributed by atoms with E-state index in [2.05, 4.69) is 32.8 Å². The molecule has 2 aliphatic rings. The molecule has 1 aliphatic carbocycles. The van der Waals surface area contributed by atoms with Crippen LogP contribution in [0.5, 0.6) is 5.75 Å². The minimum Gasteiger partial charge on any atom is -0.484 e. The number of carbonyl (C=O) groups excluding carboxylic acids is 1. The van der Waals surface area contributed by atoms with E-state index in [-0.39, 0.29) is 34.9 Å². The lowest BCUT2D eigenvalue weighted by Gasteiger charge is -2.32. The van der Waals surface area contributed by atoms with Crippen LogP contribution in [0, 0.1) is 21.6 Å². The van der Waals surface area contributed by atoms with Gasteiger partial charge in [0.05, 0.1) is 27.8 Å². The van der Waals surface area contributed by atoms with Crippen LogP contribution in [0.25, 0.3) is 0 Å². The maximum absolute atomic E-state index is 13.0. The van der Waals surface area contributed by atoms with Gasteiger partial charge in [0, 0.05) is 50.9 Å². The van der Waals surface area contributed by atoms with Crippen LogP contribution >= 0.6 is 23.2 Å². The molecular weight excluding hydrogens is 673 g/mol. The summed E-state index contributed by atoms with van der Waals surface area (Å²) >= 11 is 13.5. The molecule has 1 fully saturated rings. The Morgan fingerprint density at radius 2 is 1.66 bits per heavy atom. The van der Waals surface area contributed by atoms with Crippen molar-refractivity contribution in [1.82, 2.24) is 30.3 Å². The molecule has 6 N–H and O–H groups in total. The number of urea groups is 1. The van der Waals surface area contributed by atoms with Crippen LogP contribution in [0.1, 0.15) is 68.0 Å². The van der Waals surface area contributed by atoms with Gasteiger partial charge in [-0.2, -0.15) is 0 Å². The van der Waals surface area contributed by atoms with E-state index in [1.807, 2.05) is 57.2 Å². The highest BCUT2D eigenvalue weighted by atomic mass is 35.5. The number of nitrogens with one attached hydrogen (secondary N) is 6. The molecular formula is C37H47Cl2N9O2. The molecule has 0 bridgehead atoms. The predicted octanol–water partition coefficient (Wildman–Crippen LogP) is 6.28. The quantitative estimate of drug-likeness (QED) is 0.114. The maximum Gasteiger partial charge on any atom is 0.320 e. The third-order valence-corrected chi connectivity index (χ3v) is 9.73. The van der Waals surface area contributed by atoms with Crippen molar-refractivity contribution in [1.29, 1.82) is 16.2 Å². The summed E-state index contributed by atoms with van der Waals surface area (Å²) in [7, 11) is 3.82. The molecule has 0 saturated carbocycles. The minimum atomic E-state index is -0.373. The van der Waals surface area contributed by atoms with E-state index < -0.39 is 0 Å². The number of hydrogen-bond acceptors (Lipinski definition) is 8. The monoisotopic (exact) mass is 719 g/mol. The molecule has 1 aromatic heterocycles. The van der Waals surface area contributed by atoms with E-state index >= 15 is 0 Å². The number of carbonyl (C=O) groups is 1. The zero-order valence-corrected chi connectivity index (χ0v) is 30.8. The fraction of sp³-hybridized carbons (Fsp3) is 0.405. The molecule has 1 saturated heterocycles. The van der Waals surface area contributed by atoms with Crippen LogP contribution < -0.4 is 26.2 Å². The van der Waals surface area contributed by atoms with Gasteiger partial charge < -0.3 is 25.7 Å². The summed E-state index contributed by atoms with van der Waals surface area (Å²) in [6.07, 6.45) is 4.18. The molecule has 50 heavy (non-hydrogen) atoms. The van der Waals surface area contributed by atoms with Crippen molar-refractivity contribution < 1.29 is 9.53 Å². The van der Waals surface area contributed by atoms with Crippen molar-refractivity contribution in [2.75, 3.05) is 40.3 Å². The molecule has 0 spiro atoms. The highest BCUT2D eigenvalue weighted by Gasteiger charge is 2.30. The first-order valence-corrected chi connectivity index (χ1v) is 17.6. The number of aromatic nitrogens is 1. The summed E-state index contributed by atoms with van der Waals surface area (Å²) < 4.78 is 7.91. The Morgan fingerprint density at radius 1 is 1.00 bits per heavy atom. The fourth-order valence-electron chi connectivity index (χ4n) is 6.10. The third-order valence-electron chi connectivity index (χ3n) is 9.14. The van der Waals surface area contributed by atoms with Gasteiger partial charge in [0.25, 0.3) is 0 Å². The van der Waals surface area contributed by atoms with Crippen molar-refractivity contribution in [3.05, 3.63) is 104 Å². The Hall–Kier alpha value is -4.16. The van der Waals surface area contributed by atoms with Crippen molar-refractivity contribution in [2.24, 2.45) is 5.41 Å². The van der Waals surface area contributed by atoms with Crippen LogP contribution in [0.15, 0.2) is 66.6 Å². The van der Waals surface area contributed by atoms with Gasteiger partial charge in [-0.25, -0.2) is 4.79 Å². The van der Waals surface area contributed by atoms with E-state index in [0.29, 0.717) is 45.7 Å². The summed E-state index contributed by atoms with van der Waals surface area (Å²) in [5.41, 5.74) is 3.35. The molecule has 1 aliphatic heterocycles. The topological polar surface area (TPSA) is 145 Å². The van der Waals surface area contributed by atoms with Crippen molar-refractivity contribution >= 4 is 40.8 Å². The van der Waals surface area contributed by atoms with E-state index in [1.165, 1.54) is 4.57 Å². The Labute approximate surface area is 304 Å². The molecule has 266 valence electrons. The largest absolute Gasteiger partial charge is 0.484 e. The van der Waals surface area contributed by atoms with Crippen LogP contribution in [-0.2, 0) is 6.54 Å². The van der Waals surface area contributed by atoms with E-state index in [9.17, 15) is 4.79 Å². The summed E-state index contributed by atoms with van der Waals surface area (Å²) in [4.78, 5) is 17.7. The highest BCUT2D eigenvalue weighted by molar-refractivity contribution is 6.40. The lowest BCUT2D eigenvalue weighted by Crippen LogP contribution is -2.43.